The van der Waals surface area contributed by atoms with Crippen LogP contribution in [0.4, 0.5) is 0 Å². The molecule has 1 saturated heterocycles. The van der Waals surface area contributed by atoms with Crippen LogP contribution in [0.15, 0.2) is 24.8 Å². The minimum absolute atomic E-state index is 0.409. The molecule has 3 rings (SSSR count). The normalized spacial score (nSPS) is 20.2. The summed E-state index contributed by atoms with van der Waals surface area (Å²) < 4.78 is 1.94. The minimum atomic E-state index is 0.409. The molecule has 106 valence electrons. The van der Waals surface area contributed by atoms with Crippen molar-refractivity contribution in [2.45, 2.75) is 38.8 Å². The number of aryl methyl sites for hydroxylation is 1. The fourth-order valence-corrected chi connectivity index (χ4v) is 2.93. The third-order valence-electron chi connectivity index (χ3n) is 4.27. The smallest absolute Gasteiger partial charge is 0.115 e. The van der Waals surface area contributed by atoms with E-state index in [2.05, 4.69) is 26.9 Å². The number of hydrogen-bond acceptors (Lipinski definition) is 4. The van der Waals surface area contributed by atoms with Crippen molar-refractivity contribution in [1.82, 2.24) is 24.6 Å². The molecule has 20 heavy (non-hydrogen) atoms. The van der Waals surface area contributed by atoms with Crippen molar-refractivity contribution >= 4 is 0 Å². The number of nitrogens with zero attached hydrogens (tertiary/aromatic N) is 5. The quantitative estimate of drug-likeness (QED) is 0.859. The summed E-state index contributed by atoms with van der Waals surface area (Å²) in [6.45, 7) is 4.21. The van der Waals surface area contributed by atoms with Crippen LogP contribution in [0.1, 0.15) is 42.3 Å². The van der Waals surface area contributed by atoms with Gasteiger partial charge in [-0.3, -0.25) is 9.58 Å². The molecule has 0 amide bonds. The number of hydrogen-bond donors (Lipinski definition) is 0. The van der Waals surface area contributed by atoms with E-state index in [1.54, 1.807) is 6.33 Å². The molecule has 1 aliphatic rings. The van der Waals surface area contributed by atoms with Crippen LogP contribution in [-0.2, 0) is 13.6 Å². The van der Waals surface area contributed by atoms with Gasteiger partial charge in [0.1, 0.15) is 6.33 Å². The second-order valence-corrected chi connectivity index (χ2v) is 5.50. The first-order valence-corrected chi connectivity index (χ1v) is 7.23. The Morgan fingerprint density at radius 2 is 2.25 bits per heavy atom. The Bertz CT molecular complexity index is 563. The first kappa shape index (κ1) is 13.2. The van der Waals surface area contributed by atoms with Crippen molar-refractivity contribution in [3.63, 3.8) is 0 Å². The van der Waals surface area contributed by atoms with Crippen molar-refractivity contribution in [3.8, 4) is 0 Å². The summed E-state index contributed by atoms with van der Waals surface area (Å²) in [4.78, 5) is 11.0. The molecule has 1 aliphatic heterocycles. The van der Waals surface area contributed by atoms with Crippen LogP contribution in [0.5, 0.6) is 0 Å². The summed E-state index contributed by atoms with van der Waals surface area (Å²) in [5.74, 6) is 0. The average molecular weight is 271 g/mol. The Hall–Kier alpha value is -1.75. The molecule has 5 heteroatoms. The Morgan fingerprint density at radius 3 is 2.95 bits per heavy atom. The molecule has 1 atom stereocenters. The van der Waals surface area contributed by atoms with Crippen molar-refractivity contribution < 1.29 is 0 Å². The Balaban J connectivity index is 1.81. The molecular weight excluding hydrogens is 250 g/mol. The van der Waals surface area contributed by atoms with Crippen molar-refractivity contribution in [2.24, 2.45) is 7.05 Å². The number of likely N-dealkylation sites (tertiary alicyclic amines) is 1. The van der Waals surface area contributed by atoms with E-state index in [4.69, 9.17) is 0 Å². The molecule has 0 saturated carbocycles. The van der Waals surface area contributed by atoms with Crippen LogP contribution in [0.2, 0.25) is 0 Å². The molecule has 2 aromatic heterocycles. The Kier molecular flexibility index (Phi) is 3.78. The minimum Gasteiger partial charge on any atom is -0.290 e. The second kappa shape index (κ2) is 5.71. The monoisotopic (exact) mass is 271 g/mol. The van der Waals surface area contributed by atoms with E-state index >= 15 is 0 Å². The Morgan fingerprint density at radius 1 is 1.35 bits per heavy atom. The van der Waals surface area contributed by atoms with Gasteiger partial charge in [0.25, 0.3) is 0 Å². The van der Waals surface area contributed by atoms with E-state index in [1.807, 2.05) is 30.2 Å². The zero-order valence-electron chi connectivity index (χ0n) is 12.2. The van der Waals surface area contributed by atoms with Crippen LogP contribution in [0, 0.1) is 6.92 Å². The molecule has 0 N–H and O–H groups in total. The van der Waals surface area contributed by atoms with Gasteiger partial charge in [0.05, 0.1) is 17.9 Å². The largest absolute Gasteiger partial charge is 0.290 e. The highest BCUT2D eigenvalue weighted by Crippen LogP contribution is 2.31. The van der Waals surface area contributed by atoms with E-state index in [0.717, 1.165) is 18.8 Å². The van der Waals surface area contributed by atoms with Gasteiger partial charge in [0.15, 0.2) is 0 Å². The van der Waals surface area contributed by atoms with Gasteiger partial charge in [-0.15, -0.1) is 0 Å². The lowest BCUT2D eigenvalue weighted by atomic mass is 9.98. The summed E-state index contributed by atoms with van der Waals surface area (Å²) in [6, 6.07) is 2.45. The summed E-state index contributed by atoms with van der Waals surface area (Å²) >= 11 is 0. The van der Waals surface area contributed by atoms with Gasteiger partial charge in [-0.05, 0) is 32.4 Å². The number of aromatic nitrogens is 4. The summed E-state index contributed by atoms with van der Waals surface area (Å²) in [7, 11) is 2.00. The first-order valence-electron chi connectivity index (χ1n) is 7.23. The first-order chi connectivity index (χ1) is 9.75. The van der Waals surface area contributed by atoms with E-state index in [0.29, 0.717) is 6.04 Å². The highest BCUT2D eigenvalue weighted by molar-refractivity contribution is 5.17. The lowest BCUT2D eigenvalue weighted by Gasteiger charge is -2.35. The van der Waals surface area contributed by atoms with Crippen LogP contribution < -0.4 is 0 Å². The highest BCUT2D eigenvalue weighted by Gasteiger charge is 2.25. The highest BCUT2D eigenvalue weighted by atomic mass is 15.3. The molecule has 0 radical (unpaired) electrons. The van der Waals surface area contributed by atoms with Crippen LogP contribution >= 0.6 is 0 Å². The average Bonchev–Trinajstić information content (AvgIpc) is 2.81. The predicted octanol–water partition coefficient (Wildman–Crippen LogP) is 2.25. The van der Waals surface area contributed by atoms with E-state index in [1.165, 1.54) is 30.5 Å². The molecule has 2 aromatic rings. The molecule has 3 heterocycles. The molecule has 0 spiro atoms. The lowest BCUT2D eigenvalue weighted by Crippen LogP contribution is -2.33. The van der Waals surface area contributed by atoms with Gasteiger partial charge in [-0.25, -0.2) is 9.97 Å². The zero-order valence-corrected chi connectivity index (χ0v) is 12.2. The third-order valence-corrected chi connectivity index (χ3v) is 4.27. The van der Waals surface area contributed by atoms with Crippen molar-refractivity contribution in [1.29, 1.82) is 0 Å². The van der Waals surface area contributed by atoms with E-state index in [9.17, 15) is 0 Å². The SMILES string of the molecule is Cc1c(CN2CCCC[C@H]2c2ccncn2)cnn1C. The lowest BCUT2D eigenvalue weighted by molar-refractivity contribution is 0.137. The summed E-state index contributed by atoms with van der Waals surface area (Å²) in [6.07, 6.45) is 9.19. The summed E-state index contributed by atoms with van der Waals surface area (Å²) in [5, 5.41) is 4.34. The maximum absolute atomic E-state index is 4.45. The number of rotatable bonds is 3. The topological polar surface area (TPSA) is 46.8 Å². The molecule has 0 unspecified atom stereocenters. The maximum atomic E-state index is 4.45. The van der Waals surface area contributed by atoms with Gasteiger partial charge in [-0.2, -0.15) is 5.10 Å². The second-order valence-electron chi connectivity index (χ2n) is 5.50. The van der Waals surface area contributed by atoms with Gasteiger partial charge in [-0.1, -0.05) is 6.42 Å². The molecule has 1 fully saturated rings. The van der Waals surface area contributed by atoms with E-state index in [-0.39, 0.29) is 0 Å². The molecule has 0 aromatic carbocycles. The molecule has 5 nitrogen and oxygen atoms in total. The molecule has 0 bridgehead atoms. The van der Waals surface area contributed by atoms with Crippen molar-refractivity contribution in [3.05, 3.63) is 41.7 Å². The third kappa shape index (κ3) is 2.58. The predicted molar refractivity (Wildman–Crippen MR) is 77.0 cm³/mol. The van der Waals surface area contributed by atoms with E-state index < -0.39 is 0 Å². The van der Waals surface area contributed by atoms with Gasteiger partial charge >= 0.3 is 0 Å². The Labute approximate surface area is 119 Å². The number of piperidine rings is 1. The van der Waals surface area contributed by atoms with Crippen molar-refractivity contribution in [2.75, 3.05) is 6.54 Å². The fraction of sp³-hybridized carbons (Fsp3) is 0.533. The van der Waals surface area contributed by atoms with Gasteiger partial charge in [0.2, 0.25) is 0 Å². The van der Waals surface area contributed by atoms with Crippen LogP contribution in [-0.4, -0.2) is 31.2 Å². The maximum Gasteiger partial charge on any atom is 0.115 e. The molecule has 0 aliphatic carbocycles. The fourth-order valence-electron chi connectivity index (χ4n) is 2.93. The molecular formula is C15H21N5. The van der Waals surface area contributed by atoms with Crippen LogP contribution in [0.25, 0.3) is 0 Å². The summed E-state index contributed by atoms with van der Waals surface area (Å²) in [5.41, 5.74) is 3.70. The van der Waals surface area contributed by atoms with Crippen LogP contribution in [0.3, 0.4) is 0 Å². The standard InChI is InChI=1S/C15H21N5/c1-12-13(9-18-19(12)2)10-20-8-4-3-5-15(20)14-6-7-16-11-17-14/h6-7,9,11,15H,3-5,8,10H2,1-2H3/t15-/m0/s1. The zero-order chi connectivity index (χ0) is 13.9. The van der Waals surface area contributed by atoms with Gasteiger partial charge in [0, 0.05) is 31.0 Å². The van der Waals surface area contributed by atoms with Gasteiger partial charge < -0.3 is 0 Å².